The van der Waals surface area contributed by atoms with Crippen molar-refractivity contribution in [2.45, 2.75) is 50.5 Å². The van der Waals surface area contributed by atoms with Crippen LogP contribution in [0.2, 0.25) is 0 Å². The number of nitrogens with one attached hydrogen (secondary N) is 2. The Morgan fingerprint density at radius 2 is 1.95 bits per heavy atom. The Morgan fingerprint density at radius 3 is 2.70 bits per heavy atom. The first-order chi connectivity index (χ1) is 19.3. The molecule has 0 spiro atoms. The molecule has 0 aromatic carbocycles. The van der Waals surface area contributed by atoms with Crippen LogP contribution < -0.4 is 14.8 Å². The minimum Gasteiger partial charge on any atom is -0.477 e. The molecule has 1 atom stereocenters. The van der Waals surface area contributed by atoms with Crippen LogP contribution in [0.5, 0.6) is 5.88 Å². The Morgan fingerprint density at radius 1 is 1.15 bits per heavy atom. The second-order valence-corrected chi connectivity index (χ2v) is 12.3. The van der Waals surface area contributed by atoms with E-state index in [1.165, 1.54) is 30.7 Å². The van der Waals surface area contributed by atoms with Gasteiger partial charge >= 0.3 is 6.09 Å². The van der Waals surface area contributed by atoms with Crippen LogP contribution >= 0.6 is 11.3 Å². The Bertz CT molecular complexity index is 1470. The number of hydrogen-bond donors (Lipinski definition) is 2. The smallest absolute Gasteiger partial charge is 0.412 e. The first-order valence-electron chi connectivity index (χ1n) is 13.0. The van der Waals surface area contributed by atoms with E-state index in [-0.39, 0.29) is 16.4 Å². The lowest BCUT2D eigenvalue weighted by Gasteiger charge is -2.28. The number of rotatable bonds is 10. The predicted molar refractivity (Wildman–Crippen MR) is 146 cm³/mol. The number of piperidine rings is 1. The van der Waals surface area contributed by atoms with E-state index in [1.54, 1.807) is 11.1 Å². The van der Waals surface area contributed by atoms with Crippen molar-refractivity contribution >= 4 is 39.0 Å². The average molecular weight is 588 g/mol. The van der Waals surface area contributed by atoms with Crippen molar-refractivity contribution in [3.05, 3.63) is 47.6 Å². The van der Waals surface area contributed by atoms with Crippen LogP contribution in [0, 0.1) is 0 Å². The fourth-order valence-electron chi connectivity index (χ4n) is 4.06. The number of anilines is 1. The molecule has 15 heteroatoms. The molecule has 40 heavy (non-hydrogen) atoms. The van der Waals surface area contributed by atoms with Gasteiger partial charge in [-0.05, 0) is 51.2 Å². The van der Waals surface area contributed by atoms with Gasteiger partial charge in [-0.2, -0.15) is 0 Å². The van der Waals surface area contributed by atoms with Crippen LogP contribution in [-0.4, -0.2) is 70.2 Å². The van der Waals surface area contributed by atoms with Crippen LogP contribution in [0.25, 0.3) is 10.6 Å². The molecular formula is C25H29N7O6S2. The molecule has 5 rings (SSSR count). The van der Waals surface area contributed by atoms with Gasteiger partial charge in [0.25, 0.3) is 5.91 Å². The van der Waals surface area contributed by atoms with E-state index >= 15 is 0 Å². The van der Waals surface area contributed by atoms with Gasteiger partial charge in [-0.1, -0.05) is 0 Å². The molecule has 4 heterocycles. The number of hydrogen-bond acceptors (Lipinski definition) is 11. The van der Waals surface area contributed by atoms with E-state index in [2.05, 4.69) is 30.0 Å². The second-order valence-electron chi connectivity index (χ2n) is 9.31. The number of sulfonamides is 1. The summed E-state index contributed by atoms with van der Waals surface area (Å²) in [6, 6.07) is 2.94. The third-order valence-electron chi connectivity index (χ3n) is 6.23. The highest BCUT2D eigenvalue weighted by molar-refractivity contribution is 7.93. The van der Waals surface area contributed by atoms with Crippen LogP contribution in [0.4, 0.5) is 10.5 Å². The molecule has 13 nitrogen and oxygen atoms in total. The van der Waals surface area contributed by atoms with Gasteiger partial charge in [0.1, 0.15) is 11.4 Å². The van der Waals surface area contributed by atoms with Gasteiger partial charge in [-0.25, -0.2) is 23.2 Å². The maximum absolute atomic E-state index is 13.2. The number of pyridine rings is 1. The van der Waals surface area contributed by atoms with E-state index in [1.807, 2.05) is 6.92 Å². The minimum atomic E-state index is -3.53. The van der Waals surface area contributed by atoms with Gasteiger partial charge in [0.05, 0.1) is 34.8 Å². The van der Waals surface area contributed by atoms with Crippen molar-refractivity contribution in [3.63, 3.8) is 0 Å². The van der Waals surface area contributed by atoms with Gasteiger partial charge in [-0.15, -0.1) is 11.3 Å². The molecule has 1 unspecified atom stereocenters. The van der Waals surface area contributed by atoms with Crippen LogP contribution in [0.15, 0.2) is 36.9 Å². The average Bonchev–Trinajstić information content (AvgIpc) is 3.71. The predicted octanol–water partition coefficient (Wildman–Crippen LogP) is 3.35. The van der Waals surface area contributed by atoms with Crippen molar-refractivity contribution in [1.82, 2.24) is 30.2 Å². The number of carbonyl (C=O) groups is 2. The molecule has 2 fully saturated rings. The fourth-order valence-corrected chi connectivity index (χ4v) is 6.21. The van der Waals surface area contributed by atoms with Gasteiger partial charge < -0.3 is 19.7 Å². The van der Waals surface area contributed by atoms with Crippen molar-refractivity contribution in [1.29, 1.82) is 0 Å². The molecule has 1 aliphatic carbocycles. The molecule has 1 saturated heterocycles. The summed E-state index contributed by atoms with van der Waals surface area (Å²) < 4.78 is 38.5. The van der Waals surface area contributed by atoms with Gasteiger partial charge in [0.2, 0.25) is 22.1 Å². The molecule has 0 bridgehead atoms. The third-order valence-corrected chi connectivity index (χ3v) is 9.11. The van der Waals surface area contributed by atoms with Gasteiger partial charge in [0.15, 0.2) is 5.01 Å². The molecule has 2 amide bonds. The Hall–Kier alpha value is -3.85. The van der Waals surface area contributed by atoms with E-state index in [9.17, 15) is 18.0 Å². The molecule has 3 aromatic heterocycles. The number of nitrogens with zero attached hydrogens (tertiary/aromatic N) is 5. The van der Waals surface area contributed by atoms with E-state index in [0.29, 0.717) is 49.0 Å². The van der Waals surface area contributed by atoms with Crippen LogP contribution in [-0.2, 0) is 14.8 Å². The molecule has 212 valence electrons. The fraction of sp³-hybridized carbons (Fsp3) is 0.440. The Balaban J connectivity index is 1.36. The topological polar surface area (TPSA) is 166 Å². The van der Waals surface area contributed by atoms with E-state index < -0.39 is 33.5 Å². The van der Waals surface area contributed by atoms with Crippen molar-refractivity contribution in [2.75, 3.05) is 24.4 Å². The van der Waals surface area contributed by atoms with E-state index in [4.69, 9.17) is 9.47 Å². The molecule has 2 aliphatic rings. The molecule has 3 aromatic rings. The normalized spacial score (nSPS) is 16.2. The quantitative estimate of drug-likeness (QED) is 0.336. The number of thiazole rings is 1. The second kappa shape index (κ2) is 12.1. The summed E-state index contributed by atoms with van der Waals surface area (Å²) in [5.41, 5.74) is 0.907. The summed E-state index contributed by atoms with van der Waals surface area (Å²) in [7, 11) is -3.53. The number of ether oxygens (including phenoxy) is 2. The first-order valence-corrected chi connectivity index (χ1v) is 15.3. The third kappa shape index (κ3) is 6.83. The van der Waals surface area contributed by atoms with Gasteiger partial charge in [-0.3, -0.25) is 19.5 Å². The lowest BCUT2D eigenvalue weighted by atomic mass is 10.1. The first kappa shape index (κ1) is 27.7. The number of carbonyl (C=O) groups excluding carboxylic acids is 2. The summed E-state index contributed by atoms with van der Waals surface area (Å²) in [4.78, 5) is 45.3. The standard InChI is InChI=1S/C25H29N7O6S2/c1-2-37-21-15-26-13-19(29-21)20-14-28-24(39-20)22(33)30-23(38-25(34)32-10-4-3-5-11-32)18-12-16(8-9-27-18)31-40(35,36)17-6-7-17/h8-9,12-15,17,23H,2-7,10-11H2,1H3,(H,27,31)(H,30,33). The van der Waals surface area contributed by atoms with Gasteiger partial charge in [0, 0.05) is 25.5 Å². The molecule has 1 saturated carbocycles. The zero-order valence-electron chi connectivity index (χ0n) is 21.8. The maximum Gasteiger partial charge on any atom is 0.412 e. The highest BCUT2D eigenvalue weighted by atomic mass is 32.2. The molecule has 0 radical (unpaired) electrons. The highest BCUT2D eigenvalue weighted by Crippen LogP contribution is 2.30. The zero-order chi connectivity index (χ0) is 28.1. The number of likely N-dealkylation sites (tertiary alicyclic amines) is 1. The van der Waals surface area contributed by atoms with E-state index in [0.717, 1.165) is 30.6 Å². The lowest BCUT2D eigenvalue weighted by Crippen LogP contribution is -2.40. The van der Waals surface area contributed by atoms with Crippen LogP contribution in [0.1, 0.15) is 60.8 Å². The highest BCUT2D eigenvalue weighted by Gasteiger charge is 2.36. The lowest BCUT2D eigenvalue weighted by molar-refractivity contribution is 0.0376. The summed E-state index contributed by atoms with van der Waals surface area (Å²) in [5, 5.41) is 2.36. The van der Waals surface area contributed by atoms with Crippen molar-refractivity contribution in [2.24, 2.45) is 0 Å². The summed E-state index contributed by atoms with van der Waals surface area (Å²) in [5.74, 6) is -0.250. The summed E-state index contributed by atoms with van der Waals surface area (Å²) in [6.45, 7) is 3.37. The SMILES string of the molecule is CCOc1cncc(-c2cnc(C(=O)NC(OC(=O)N3CCCCC3)c3cc(NS(=O)(=O)C4CC4)ccn3)s2)n1. The minimum absolute atomic E-state index is 0.100. The Labute approximate surface area is 235 Å². The summed E-state index contributed by atoms with van der Waals surface area (Å²) in [6.07, 6.45) is 7.99. The number of aromatic nitrogens is 4. The Kier molecular flexibility index (Phi) is 8.40. The molecule has 1 aliphatic heterocycles. The summed E-state index contributed by atoms with van der Waals surface area (Å²) >= 11 is 1.08. The van der Waals surface area contributed by atoms with Crippen LogP contribution in [0.3, 0.4) is 0 Å². The largest absolute Gasteiger partial charge is 0.477 e. The number of amides is 2. The zero-order valence-corrected chi connectivity index (χ0v) is 23.4. The molecule has 2 N–H and O–H groups in total. The maximum atomic E-state index is 13.2. The monoisotopic (exact) mass is 587 g/mol. The van der Waals surface area contributed by atoms with Crippen molar-refractivity contribution < 1.29 is 27.5 Å². The molecular weight excluding hydrogens is 558 g/mol. The van der Waals surface area contributed by atoms with Crippen molar-refractivity contribution in [3.8, 4) is 16.5 Å².